The molecule has 0 radical (unpaired) electrons. The Bertz CT molecular complexity index is 514. The summed E-state index contributed by atoms with van der Waals surface area (Å²) in [6, 6.07) is 6.11. The Morgan fingerprint density at radius 1 is 1.44 bits per heavy atom. The predicted molar refractivity (Wildman–Crippen MR) is 72.1 cm³/mol. The summed E-state index contributed by atoms with van der Waals surface area (Å²) in [6.45, 7) is 4.00. The van der Waals surface area contributed by atoms with Gasteiger partial charge in [0.15, 0.2) is 0 Å². The zero-order valence-electron chi connectivity index (χ0n) is 10.3. The van der Waals surface area contributed by atoms with E-state index >= 15 is 0 Å². The SMILES string of the molecule is CC1=Cc2c(cccc2C(C)C(=O)[NH][Ti]([Cl])[Cl])C1. The Hall–Kier alpha value is -0.276. The molecule has 1 N–H and O–H groups in total. The molecule has 1 aliphatic rings. The molecule has 5 heteroatoms. The van der Waals surface area contributed by atoms with Gasteiger partial charge in [0.1, 0.15) is 0 Å². The van der Waals surface area contributed by atoms with E-state index in [0.717, 1.165) is 12.0 Å². The number of carbonyl (C=O) groups excluding carboxylic acids is 1. The van der Waals surface area contributed by atoms with Crippen molar-refractivity contribution >= 4 is 30.6 Å². The number of allylic oxidation sites excluding steroid dienone is 1. The summed E-state index contributed by atoms with van der Waals surface area (Å²) in [5.41, 5.74) is 4.85. The molecule has 1 aromatic carbocycles. The van der Waals surface area contributed by atoms with Crippen LogP contribution in [0.15, 0.2) is 23.8 Å². The molecular weight excluding hydrogens is 305 g/mol. The first-order chi connectivity index (χ1) is 8.49. The third-order valence-corrected chi connectivity index (χ3v) is 4.63. The third-order valence-electron chi connectivity index (χ3n) is 3.17. The zero-order chi connectivity index (χ0) is 13.3. The van der Waals surface area contributed by atoms with Crippen molar-refractivity contribution in [2.45, 2.75) is 26.2 Å². The van der Waals surface area contributed by atoms with Crippen LogP contribution in [0.4, 0.5) is 0 Å². The summed E-state index contributed by atoms with van der Waals surface area (Å²) in [4.78, 5) is 12.0. The summed E-state index contributed by atoms with van der Waals surface area (Å²) >= 11 is -2.36. The topological polar surface area (TPSA) is 29.1 Å². The molecule has 1 atom stereocenters. The molecule has 0 aromatic heterocycles. The molecule has 2 nitrogen and oxygen atoms in total. The number of fused-ring (bicyclic) bond motifs is 1. The molecule has 95 valence electrons. The molecule has 1 unspecified atom stereocenters. The van der Waals surface area contributed by atoms with Crippen LogP contribution in [0.5, 0.6) is 0 Å². The molecule has 0 fully saturated rings. The van der Waals surface area contributed by atoms with Gasteiger partial charge in [-0.2, -0.15) is 0 Å². The van der Waals surface area contributed by atoms with Gasteiger partial charge in [0, 0.05) is 0 Å². The quantitative estimate of drug-likeness (QED) is 0.846. The van der Waals surface area contributed by atoms with Crippen molar-refractivity contribution in [2.24, 2.45) is 0 Å². The van der Waals surface area contributed by atoms with Gasteiger partial charge >= 0.3 is 122 Å². The Labute approximate surface area is 121 Å². The number of amides is 1. The fourth-order valence-electron chi connectivity index (χ4n) is 2.28. The van der Waals surface area contributed by atoms with Gasteiger partial charge < -0.3 is 0 Å². The Morgan fingerprint density at radius 3 is 2.83 bits per heavy atom. The number of benzene rings is 1. The Kier molecular flexibility index (Phi) is 4.55. The second-order valence-corrected chi connectivity index (χ2v) is 9.68. The summed E-state index contributed by atoms with van der Waals surface area (Å²) in [5, 5.41) is 0. The van der Waals surface area contributed by atoms with Crippen LogP contribution >= 0.6 is 18.6 Å². The average Bonchev–Trinajstić information content (AvgIpc) is 2.66. The number of rotatable bonds is 3. The minimum absolute atomic E-state index is 0.0821. The molecular formula is C13H14Cl2NOTi. The van der Waals surface area contributed by atoms with E-state index in [4.69, 9.17) is 18.6 Å². The van der Waals surface area contributed by atoms with Crippen LogP contribution in [0, 0.1) is 0 Å². The van der Waals surface area contributed by atoms with E-state index in [2.05, 4.69) is 22.9 Å². The van der Waals surface area contributed by atoms with E-state index in [0.29, 0.717) is 0 Å². The fraction of sp³-hybridized carbons (Fsp3) is 0.308. The van der Waals surface area contributed by atoms with Gasteiger partial charge in [0.25, 0.3) is 0 Å². The van der Waals surface area contributed by atoms with Gasteiger partial charge in [-0.15, -0.1) is 0 Å². The van der Waals surface area contributed by atoms with Crippen molar-refractivity contribution in [3.63, 3.8) is 0 Å². The maximum atomic E-state index is 12.0. The van der Waals surface area contributed by atoms with E-state index in [1.807, 2.05) is 19.1 Å². The van der Waals surface area contributed by atoms with Crippen LogP contribution in [-0.2, 0) is 27.2 Å². The molecule has 0 heterocycles. The van der Waals surface area contributed by atoms with Crippen LogP contribution in [-0.4, -0.2) is 5.91 Å². The first-order valence-corrected chi connectivity index (χ1v) is 10.8. The average molecular weight is 319 g/mol. The van der Waals surface area contributed by atoms with E-state index in [9.17, 15) is 4.79 Å². The fourth-order valence-corrected chi connectivity index (χ4v) is 3.68. The number of hydrogen-bond donors (Lipinski definition) is 1. The van der Waals surface area contributed by atoms with E-state index in [1.54, 1.807) is 0 Å². The number of halogens is 2. The summed E-state index contributed by atoms with van der Waals surface area (Å²) in [6.07, 6.45) is 3.13. The van der Waals surface area contributed by atoms with Crippen molar-refractivity contribution < 1.29 is 20.8 Å². The Balaban J connectivity index is 2.29. The molecule has 1 aromatic rings. The third kappa shape index (κ3) is 3.00. The van der Waals surface area contributed by atoms with Crippen LogP contribution in [0.2, 0.25) is 0 Å². The number of carbonyl (C=O) groups is 1. The molecule has 18 heavy (non-hydrogen) atoms. The van der Waals surface area contributed by atoms with Crippen LogP contribution in [0.1, 0.15) is 36.5 Å². The molecule has 2 rings (SSSR count). The van der Waals surface area contributed by atoms with Crippen LogP contribution in [0.3, 0.4) is 0 Å². The van der Waals surface area contributed by atoms with Gasteiger partial charge in [-0.05, 0) is 0 Å². The monoisotopic (exact) mass is 318 g/mol. The summed E-state index contributed by atoms with van der Waals surface area (Å²) < 4.78 is 2.68. The van der Waals surface area contributed by atoms with Gasteiger partial charge in [0.2, 0.25) is 0 Å². The van der Waals surface area contributed by atoms with Crippen molar-refractivity contribution in [3.05, 3.63) is 40.5 Å². The van der Waals surface area contributed by atoms with E-state index < -0.39 is 16.0 Å². The second-order valence-electron chi connectivity index (χ2n) is 4.56. The van der Waals surface area contributed by atoms with E-state index in [-0.39, 0.29) is 11.8 Å². The van der Waals surface area contributed by atoms with Crippen molar-refractivity contribution in [1.29, 1.82) is 0 Å². The van der Waals surface area contributed by atoms with Crippen LogP contribution < -0.4 is 3.80 Å². The normalized spacial score (nSPS) is 14.8. The molecule has 0 spiro atoms. The number of nitrogens with one attached hydrogen (secondary N) is 1. The molecule has 0 saturated carbocycles. The molecule has 0 aliphatic heterocycles. The second kappa shape index (κ2) is 5.79. The van der Waals surface area contributed by atoms with Gasteiger partial charge in [-0.1, -0.05) is 0 Å². The van der Waals surface area contributed by atoms with Crippen LogP contribution in [0.25, 0.3) is 6.08 Å². The van der Waals surface area contributed by atoms with Crippen molar-refractivity contribution in [1.82, 2.24) is 3.80 Å². The maximum absolute atomic E-state index is 12.0. The van der Waals surface area contributed by atoms with Crippen molar-refractivity contribution in [3.8, 4) is 0 Å². The molecule has 0 bridgehead atoms. The molecule has 0 saturated heterocycles. The first kappa shape index (κ1) is 14.1. The standard InChI is InChI=1S/C13H15NO.2ClH.Ti/c1-8-6-10-4-3-5-11(12(10)7-8)9(2)13(14)15;;;/h3-5,7,9H,6H2,1-2H3,(H2,14,15);2*1H;/q;;;+3/p-3. The molecule has 1 aliphatic carbocycles. The first-order valence-electron chi connectivity index (χ1n) is 5.77. The van der Waals surface area contributed by atoms with E-state index in [1.165, 1.54) is 16.7 Å². The van der Waals surface area contributed by atoms with Crippen molar-refractivity contribution in [2.75, 3.05) is 0 Å². The summed E-state index contributed by atoms with van der Waals surface area (Å²) in [5.74, 6) is -0.302. The predicted octanol–water partition coefficient (Wildman–Crippen LogP) is 3.71. The molecule has 1 amide bonds. The van der Waals surface area contributed by atoms with Gasteiger partial charge in [-0.3, -0.25) is 0 Å². The Morgan fingerprint density at radius 2 is 2.17 bits per heavy atom. The van der Waals surface area contributed by atoms with Gasteiger partial charge in [-0.25, -0.2) is 0 Å². The summed E-state index contributed by atoms with van der Waals surface area (Å²) in [7, 11) is 11.5. The minimum atomic E-state index is -2.36. The zero-order valence-corrected chi connectivity index (χ0v) is 13.3. The van der Waals surface area contributed by atoms with Gasteiger partial charge in [0.05, 0.1) is 0 Å². The number of hydrogen-bond acceptors (Lipinski definition) is 1.